The summed E-state index contributed by atoms with van der Waals surface area (Å²) in [6, 6.07) is 0.382. The highest BCUT2D eigenvalue weighted by molar-refractivity contribution is 5.76. The molecule has 1 aliphatic carbocycles. The molecule has 1 saturated heterocycles. The lowest BCUT2D eigenvalue weighted by molar-refractivity contribution is -0.135. The molecule has 18 heavy (non-hydrogen) atoms. The number of aliphatic hydroxyl groups is 1. The molecule has 0 radical (unpaired) electrons. The first-order chi connectivity index (χ1) is 8.81. The molecule has 4 heteroatoms. The van der Waals surface area contributed by atoms with Gasteiger partial charge in [0.05, 0.1) is 6.61 Å². The van der Waals surface area contributed by atoms with Crippen molar-refractivity contribution in [2.45, 2.75) is 51.0 Å². The minimum atomic E-state index is 0.0884. The van der Waals surface area contributed by atoms with Crippen LogP contribution in [0.25, 0.3) is 0 Å². The standard InChI is InChI=1S/C14H26N2O2/c17-9-8-16(13-4-2-1-3-5-13)14(18)10-12-6-7-15-11-12/h12-13,15,17H,1-11H2. The van der Waals surface area contributed by atoms with Crippen molar-refractivity contribution in [2.24, 2.45) is 5.92 Å². The summed E-state index contributed by atoms with van der Waals surface area (Å²) < 4.78 is 0. The van der Waals surface area contributed by atoms with Crippen LogP contribution in [0.1, 0.15) is 44.9 Å². The van der Waals surface area contributed by atoms with Crippen molar-refractivity contribution in [3.63, 3.8) is 0 Å². The molecule has 1 amide bonds. The fourth-order valence-corrected chi connectivity index (χ4v) is 3.26. The number of hydrogen-bond acceptors (Lipinski definition) is 3. The first-order valence-electron chi connectivity index (χ1n) is 7.42. The first kappa shape index (κ1) is 13.8. The zero-order chi connectivity index (χ0) is 12.8. The average Bonchev–Trinajstić information content (AvgIpc) is 2.89. The van der Waals surface area contributed by atoms with E-state index in [1.54, 1.807) is 0 Å². The second-order valence-electron chi connectivity index (χ2n) is 5.67. The van der Waals surface area contributed by atoms with Crippen molar-refractivity contribution in [1.82, 2.24) is 10.2 Å². The van der Waals surface area contributed by atoms with Crippen LogP contribution in [0.2, 0.25) is 0 Å². The quantitative estimate of drug-likeness (QED) is 0.773. The van der Waals surface area contributed by atoms with Gasteiger partial charge in [-0.3, -0.25) is 4.79 Å². The maximum Gasteiger partial charge on any atom is 0.223 e. The van der Waals surface area contributed by atoms with Gasteiger partial charge in [-0.2, -0.15) is 0 Å². The topological polar surface area (TPSA) is 52.6 Å². The Labute approximate surface area is 110 Å². The van der Waals surface area contributed by atoms with E-state index in [0.717, 1.165) is 32.4 Å². The highest BCUT2D eigenvalue weighted by Gasteiger charge is 2.27. The largest absolute Gasteiger partial charge is 0.395 e. The van der Waals surface area contributed by atoms with Crippen molar-refractivity contribution < 1.29 is 9.90 Å². The lowest BCUT2D eigenvalue weighted by Crippen LogP contribution is -2.43. The van der Waals surface area contributed by atoms with E-state index >= 15 is 0 Å². The minimum absolute atomic E-state index is 0.0884. The second-order valence-corrected chi connectivity index (χ2v) is 5.67. The Morgan fingerprint density at radius 1 is 1.22 bits per heavy atom. The van der Waals surface area contributed by atoms with Crippen molar-refractivity contribution in [3.8, 4) is 0 Å². The Kier molecular flexibility index (Phi) is 5.45. The van der Waals surface area contributed by atoms with Gasteiger partial charge >= 0.3 is 0 Å². The number of amides is 1. The summed E-state index contributed by atoms with van der Waals surface area (Å²) in [7, 11) is 0. The van der Waals surface area contributed by atoms with E-state index in [-0.39, 0.29) is 12.5 Å². The highest BCUT2D eigenvalue weighted by Crippen LogP contribution is 2.24. The zero-order valence-corrected chi connectivity index (χ0v) is 11.2. The number of carbonyl (C=O) groups excluding carboxylic acids is 1. The molecule has 2 fully saturated rings. The number of rotatable bonds is 5. The molecule has 0 bridgehead atoms. The third kappa shape index (κ3) is 3.69. The van der Waals surface area contributed by atoms with E-state index in [4.69, 9.17) is 0 Å². The molecular weight excluding hydrogens is 228 g/mol. The van der Waals surface area contributed by atoms with Crippen LogP contribution in [0.4, 0.5) is 0 Å². The van der Waals surface area contributed by atoms with E-state index < -0.39 is 0 Å². The molecule has 104 valence electrons. The number of carbonyl (C=O) groups is 1. The Morgan fingerprint density at radius 2 is 2.00 bits per heavy atom. The van der Waals surface area contributed by atoms with Gasteiger partial charge < -0.3 is 15.3 Å². The Balaban J connectivity index is 1.87. The third-order valence-electron chi connectivity index (χ3n) is 4.30. The van der Waals surface area contributed by atoms with Gasteiger partial charge in [0.25, 0.3) is 0 Å². The van der Waals surface area contributed by atoms with Crippen molar-refractivity contribution >= 4 is 5.91 Å². The fourth-order valence-electron chi connectivity index (χ4n) is 3.26. The van der Waals surface area contributed by atoms with Gasteiger partial charge in [-0.1, -0.05) is 19.3 Å². The van der Waals surface area contributed by atoms with Gasteiger partial charge in [-0.05, 0) is 38.3 Å². The predicted octanol–water partition coefficient (Wildman–Crippen LogP) is 1.14. The SMILES string of the molecule is O=C(CC1CCNC1)N(CCO)C1CCCCC1. The average molecular weight is 254 g/mol. The molecule has 0 aromatic rings. The lowest BCUT2D eigenvalue weighted by Gasteiger charge is -2.34. The van der Waals surface area contributed by atoms with Crippen LogP contribution in [-0.4, -0.2) is 48.2 Å². The molecule has 1 saturated carbocycles. The van der Waals surface area contributed by atoms with Crippen LogP contribution in [0.15, 0.2) is 0 Å². The monoisotopic (exact) mass is 254 g/mol. The minimum Gasteiger partial charge on any atom is -0.395 e. The zero-order valence-electron chi connectivity index (χ0n) is 11.2. The Morgan fingerprint density at radius 3 is 2.61 bits per heavy atom. The van der Waals surface area contributed by atoms with E-state index in [0.29, 0.717) is 24.9 Å². The Hall–Kier alpha value is -0.610. The molecule has 0 aromatic heterocycles. The predicted molar refractivity (Wildman–Crippen MR) is 71.3 cm³/mol. The maximum absolute atomic E-state index is 12.4. The molecule has 1 unspecified atom stereocenters. The van der Waals surface area contributed by atoms with E-state index in [9.17, 15) is 9.90 Å². The molecule has 1 atom stereocenters. The van der Waals surface area contributed by atoms with Gasteiger partial charge in [-0.25, -0.2) is 0 Å². The molecule has 2 aliphatic rings. The first-order valence-corrected chi connectivity index (χ1v) is 7.42. The molecule has 1 aliphatic heterocycles. The molecule has 0 aromatic carbocycles. The molecule has 4 nitrogen and oxygen atoms in total. The van der Waals surface area contributed by atoms with Crippen LogP contribution in [0, 0.1) is 5.92 Å². The summed E-state index contributed by atoms with van der Waals surface area (Å²) in [6.07, 6.45) is 7.76. The smallest absolute Gasteiger partial charge is 0.223 e. The normalized spacial score (nSPS) is 25.3. The van der Waals surface area contributed by atoms with E-state index in [1.165, 1.54) is 19.3 Å². The summed E-state index contributed by atoms with van der Waals surface area (Å²) in [5.74, 6) is 0.756. The number of nitrogens with one attached hydrogen (secondary N) is 1. The van der Waals surface area contributed by atoms with Crippen molar-refractivity contribution in [2.75, 3.05) is 26.2 Å². The highest BCUT2D eigenvalue weighted by atomic mass is 16.3. The van der Waals surface area contributed by atoms with E-state index in [2.05, 4.69) is 5.32 Å². The fraction of sp³-hybridized carbons (Fsp3) is 0.929. The summed E-state index contributed by atoms with van der Waals surface area (Å²) in [4.78, 5) is 14.3. The van der Waals surface area contributed by atoms with Gasteiger partial charge in [0.2, 0.25) is 5.91 Å². The van der Waals surface area contributed by atoms with Crippen molar-refractivity contribution in [1.29, 1.82) is 0 Å². The number of hydrogen-bond donors (Lipinski definition) is 2. The van der Waals surface area contributed by atoms with Gasteiger partial charge in [-0.15, -0.1) is 0 Å². The van der Waals surface area contributed by atoms with Crippen LogP contribution in [-0.2, 0) is 4.79 Å². The lowest BCUT2D eigenvalue weighted by atomic mass is 9.93. The van der Waals surface area contributed by atoms with Gasteiger partial charge in [0, 0.05) is 19.0 Å². The van der Waals surface area contributed by atoms with Crippen LogP contribution < -0.4 is 5.32 Å². The molecule has 0 spiro atoms. The molecule has 2 N–H and O–H groups in total. The third-order valence-corrected chi connectivity index (χ3v) is 4.30. The van der Waals surface area contributed by atoms with Gasteiger partial charge in [0.15, 0.2) is 0 Å². The molecule has 1 heterocycles. The summed E-state index contributed by atoms with van der Waals surface area (Å²) >= 11 is 0. The van der Waals surface area contributed by atoms with Crippen LogP contribution in [0.5, 0.6) is 0 Å². The number of aliphatic hydroxyl groups excluding tert-OH is 1. The maximum atomic E-state index is 12.4. The van der Waals surface area contributed by atoms with Crippen LogP contribution in [0.3, 0.4) is 0 Å². The summed E-state index contributed by atoms with van der Waals surface area (Å²) in [5, 5.41) is 12.5. The van der Waals surface area contributed by atoms with Crippen molar-refractivity contribution in [3.05, 3.63) is 0 Å². The number of nitrogens with zero attached hydrogens (tertiary/aromatic N) is 1. The Bertz CT molecular complexity index is 259. The van der Waals surface area contributed by atoms with E-state index in [1.807, 2.05) is 4.90 Å². The van der Waals surface area contributed by atoms with Gasteiger partial charge in [0.1, 0.15) is 0 Å². The van der Waals surface area contributed by atoms with Crippen LogP contribution >= 0.6 is 0 Å². The molecular formula is C14H26N2O2. The second kappa shape index (κ2) is 7.10. The summed E-state index contributed by atoms with van der Waals surface area (Å²) in [5.41, 5.74) is 0. The molecule has 2 rings (SSSR count). The summed E-state index contributed by atoms with van der Waals surface area (Å²) in [6.45, 7) is 2.62.